The highest BCUT2D eigenvalue weighted by atomic mass is 16.5. The third-order valence-corrected chi connectivity index (χ3v) is 2.00. The van der Waals surface area contributed by atoms with Gasteiger partial charge in [0.15, 0.2) is 0 Å². The Balaban J connectivity index is 3.61. The van der Waals surface area contributed by atoms with Crippen molar-refractivity contribution in [2.24, 2.45) is 5.92 Å². The predicted octanol–water partition coefficient (Wildman–Crippen LogP) is 2.35. The Labute approximate surface area is 76.9 Å². The van der Waals surface area contributed by atoms with E-state index in [1.54, 1.807) is 0 Å². The largest absolute Gasteiger partial charge is 0.363 e. The molecule has 0 heterocycles. The molecular formula is C10H23NO. The van der Waals surface area contributed by atoms with E-state index in [2.05, 4.69) is 39.5 Å². The fourth-order valence-corrected chi connectivity index (χ4v) is 1.17. The lowest BCUT2D eigenvalue weighted by molar-refractivity contribution is -0.0524. The summed E-state index contributed by atoms with van der Waals surface area (Å²) in [6.07, 6.45) is 0.266. The van der Waals surface area contributed by atoms with Crippen LogP contribution in [0.5, 0.6) is 0 Å². The molecule has 12 heavy (non-hydrogen) atoms. The van der Waals surface area contributed by atoms with Gasteiger partial charge in [0.1, 0.15) is 6.23 Å². The number of rotatable bonds is 6. The van der Waals surface area contributed by atoms with Crippen LogP contribution in [0, 0.1) is 5.92 Å². The number of ether oxygens (including phenoxy) is 1. The van der Waals surface area contributed by atoms with Crippen LogP contribution in [-0.2, 0) is 4.74 Å². The number of nitrogens with zero attached hydrogens (tertiary/aromatic N) is 1. The van der Waals surface area contributed by atoms with Crippen molar-refractivity contribution in [3.8, 4) is 0 Å². The second-order valence-electron chi connectivity index (χ2n) is 3.55. The molecule has 2 nitrogen and oxygen atoms in total. The summed E-state index contributed by atoms with van der Waals surface area (Å²) in [6, 6.07) is 0. The molecule has 2 heteroatoms. The van der Waals surface area contributed by atoms with Crippen LogP contribution >= 0.6 is 0 Å². The topological polar surface area (TPSA) is 12.5 Å². The first-order valence-electron chi connectivity index (χ1n) is 4.97. The maximum Gasteiger partial charge on any atom is 0.107 e. The molecule has 0 aliphatic rings. The van der Waals surface area contributed by atoms with Crippen molar-refractivity contribution in [3.63, 3.8) is 0 Å². The molecule has 0 bridgehead atoms. The Bertz CT molecular complexity index is 100. The quantitative estimate of drug-likeness (QED) is 0.572. The third-order valence-electron chi connectivity index (χ3n) is 2.00. The highest BCUT2D eigenvalue weighted by Gasteiger charge is 2.09. The van der Waals surface area contributed by atoms with Crippen LogP contribution < -0.4 is 0 Å². The van der Waals surface area contributed by atoms with E-state index in [1.165, 1.54) is 0 Å². The fraction of sp³-hybridized carbons (Fsp3) is 1.00. The van der Waals surface area contributed by atoms with Gasteiger partial charge >= 0.3 is 0 Å². The minimum atomic E-state index is 0.266. The molecule has 0 aromatic carbocycles. The minimum Gasteiger partial charge on any atom is -0.363 e. The van der Waals surface area contributed by atoms with E-state index in [4.69, 9.17) is 4.74 Å². The Morgan fingerprint density at radius 2 is 1.58 bits per heavy atom. The van der Waals surface area contributed by atoms with Crippen molar-refractivity contribution in [3.05, 3.63) is 0 Å². The Hall–Kier alpha value is -0.0800. The van der Waals surface area contributed by atoms with Gasteiger partial charge in [-0.15, -0.1) is 0 Å². The molecule has 0 N–H and O–H groups in total. The second kappa shape index (κ2) is 6.44. The maximum absolute atomic E-state index is 5.67. The average Bonchev–Trinajstić information content (AvgIpc) is 2.03. The van der Waals surface area contributed by atoms with Gasteiger partial charge in [0, 0.05) is 0 Å². The number of hydrogen-bond donors (Lipinski definition) is 0. The van der Waals surface area contributed by atoms with Crippen molar-refractivity contribution in [2.75, 3.05) is 19.7 Å². The van der Waals surface area contributed by atoms with Gasteiger partial charge in [0.2, 0.25) is 0 Å². The van der Waals surface area contributed by atoms with Crippen LogP contribution in [-0.4, -0.2) is 30.8 Å². The molecule has 0 rings (SSSR count). The van der Waals surface area contributed by atoms with Crippen LogP contribution in [0.4, 0.5) is 0 Å². The summed E-state index contributed by atoms with van der Waals surface area (Å²) in [5.74, 6) is 0.628. The molecule has 0 saturated heterocycles. The molecule has 0 aromatic rings. The molecule has 1 unspecified atom stereocenters. The summed E-state index contributed by atoms with van der Waals surface area (Å²) in [5, 5.41) is 0. The van der Waals surface area contributed by atoms with Crippen molar-refractivity contribution < 1.29 is 4.74 Å². The molecule has 0 amide bonds. The molecule has 0 spiro atoms. The van der Waals surface area contributed by atoms with Crippen molar-refractivity contribution in [1.29, 1.82) is 0 Å². The Kier molecular flexibility index (Phi) is 6.39. The lowest BCUT2D eigenvalue weighted by Crippen LogP contribution is -2.35. The Morgan fingerprint density at radius 1 is 1.08 bits per heavy atom. The fourth-order valence-electron chi connectivity index (χ4n) is 1.17. The highest BCUT2D eigenvalue weighted by molar-refractivity contribution is 4.54. The monoisotopic (exact) mass is 173 g/mol. The van der Waals surface area contributed by atoms with Gasteiger partial charge < -0.3 is 4.74 Å². The predicted molar refractivity (Wildman–Crippen MR) is 53.2 cm³/mol. The second-order valence-corrected chi connectivity index (χ2v) is 3.55. The molecular weight excluding hydrogens is 150 g/mol. The molecule has 74 valence electrons. The van der Waals surface area contributed by atoms with Gasteiger partial charge in [0.25, 0.3) is 0 Å². The smallest absolute Gasteiger partial charge is 0.107 e. The summed E-state index contributed by atoms with van der Waals surface area (Å²) in [7, 11) is 0. The minimum absolute atomic E-state index is 0.266. The summed E-state index contributed by atoms with van der Waals surface area (Å²) < 4.78 is 5.67. The molecule has 0 saturated carbocycles. The van der Waals surface area contributed by atoms with Crippen LogP contribution in [0.2, 0.25) is 0 Å². The van der Waals surface area contributed by atoms with E-state index in [0.29, 0.717) is 5.92 Å². The first kappa shape index (κ1) is 11.9. The molecule has 0 fully saturated rings. The van der Waals surface area contributed by atoms with E-state index >= 15 is 0 Å². The zero-order valence-corrected chi connectivity index (χ0v) is 9.13. The van der Waals surface area contributed by atoms with Gasteiger partial charge in [-0.3, -0.25) is 4.90 Å². The van der Waals surface area contributed by atoms with E-state index in [9.17, 15) is 0 Å². The zero-order valence-electron chi connectivity index (χ0n) is 9.13. The van der Waals surface area contributed by atoms with Crippen LogP contribution in [0.25, 0.3) is 0 Å². The van der Waals surface area contributed by atoms with E-state index in [-0.39, 0.29) is 6.23 Å². The van der Waals surface area contributed by atoms with Crippen LogP contribution in [0.1, 0.15) is 34.6 Å². The van der Waals surface area contributed by atoms with Gasteiger partial charge in [-0.2, -0.15) is 0 Å². The highest BCUT2D eigenvalue weighted by Crippen LogP contribution is 2.02. The van der Waals surface area contributed by atoms with E-state index in [0.717, 1.165) is 19.7 Å². The third kappa shape index (κ3) is 4.73. The van der Waals surface area contributed by atoms with Gasteiger partial charge in [-0.1, -0.05) is 27.7 Å². The zero-order chi connectivity index (χ0) is 9.56. The Morgan fingerprint density at radius 3 is 1.92 bits per heavy atom. The average molecular weight is 173 g/mol. The number of hydrogen-bond acceptors (Lipinski definition) is 2. The van der Waals surface area contributed by atoms with Gasteiger partial charge in [0.05, 0.1) is 6.61 Å². The van der Waals surface area contributed by atoms with Crippen molar-refractivity contribution in [1.82, 2.24) is 4.90 Å². The lowest BCUT2D eigenvalue weighted by atomic mass is 10.2. The van der Waals surface area contributed by atoms with Gasteiger partial charge in [-0.25, -0.2) is 0 Å². The standard InChI is InChI=1S/C10H23NO/c1-6-11(7-2)10(5)12-8-9(3)4/h9-10H,6-8H2,1-5H3. The summed E-state index contributed by atoms with van der Waals surface area (Å²) in [6.45, 7) is 13.8. The first-order valence-corrected chi connectivity index (χ1v) is 4.97. The normalized spacial score (nSPS) is 14.2. The van der Waals surface area contributed by atoms with Gasteiger partial charge in [-0.05, 0) is 25.9 Å². The van der Waals surface area contributed by atoms with Crippen molar-refractivity contribution in [2.45, 2.75) is 40.8 Å². The van der Waals surface area contributed by atoms with Crippen molar-refractivity contribution >= 4 is 0 Å². The first-order chi connectivity index (χ1) is 5.61. The molecule has 0 aromatic heterocycles. The lowest BCUT2D eigenvalue weighted by Gasteiger charge is -2.26. The van der Waals surface area contributed by atoms with E-state index in [1.807, 2.05) is 0 Å². The molecule has 0 aliphatic heterocycles. The van der Waals surface area contributed by atoms with Crippen LogP contribution in [0.3, 0.4) is 0 Å². The molecule has 0 aliphatic carbocycles. The van der Waals surface area contributed by atoms with Crippen LogP contribution in [0.15, 0.2) is 0 Å². The molecule has 1 atom stereocenters. The summed E-state index contributed by atoms with van der Waals surface area (Å²) in [4.78, 5) is 2.31. The summed E-state index contributed by atoms with van der Waals surface area (Å²) in [5.41, 5.74) is 0. The summed E-state index contributed by atoms with van der Waals surface area (Å²) >= 11 is 0. The SMILES string of the molecule is CCN(CC)C(C)OCC(C)C. The molecule has 0 radical (unpaired) electrons. The van der Waals surface area contributed by atoms with E-state index < -0.39 is 0 Å². The maximum atomic E-state index is 5.67.